The Bertz CT molecular complexity index is 393. The smallest absolute Gasteiger partial charge is 0.271 e. The minimum absolute atomic E-state index is 0.0868. The molecule has 16 heavy (non-hydrogen) atoms. The van der Waals surface area contributed by atoms with Crippen molar-refractivity contribution in [1.82, 2.24) is 15.1 Å². The van der Waals surface area contributed by atoms with Crippen molar-refractivity contribution in [2.24, 2.45) is 12.8 Å². The summed E-state index contributed by atoms with van der Waals surface area (Å²) in [7, 11) is 1.62. The Hall–Kier alpha value is -2.05. The maximum Gasteiger partial charge on any atom is 0.271 e. The first-order valence-electron chi connectivity index (χ1n) is 4.78. The van der Waals surface area contributed by atoms with E-state index < -0.39 is 5.91 Å². The third-order valence-corrected chi connectivity index (χ3v) is 2.07. The van der Waals surface area contributed by atoms with Crippen molar-refractivity contribution >= 4 is 17.5 Å². The summed E-state index contributed by atoms with van der Waals surface area (Å²) in [5.41, 5.74) is 11.2. The number of aryl methyl sites for hydroxylation is 1. The van der Waals surface area contributed by atoms with E-state index in [-0.39, 0.29) is 24.1 Å². The quantitative estimate of drug-likeness (QED) is 0.609. The molecule has 0 bridgehead atoms. The number of nitrogen functional groups attached to an aromatic ring is 1. The van der Waals surface area contributed by atoms with Gasteiger partial charge in [0.1, 0.15) is 5.69 Å². The van der Waals surface area contributed by atoms with Gasteiger partial charge in [0.2, 0.25) is 5.91 Å². The third-order valence-electron chi connectivity index (χ3n) is 2.07. The second kappa shape index (κ2) is 4.65. The molecule has 7 nitrogen and oxygen atoms in total. The summed E-state index contributed by atoms with van der Waals surface area (Å²) < 4.78 is 1.38. The number of hydrogen-bond acceptors (Lipinski definition) is 4. The number of hydrogen-bond donors (Lipinski definition) is 3. The van der Waals surface area contributed by atoms with Crippen molar-refractivity contribution < 1.29 is 9.59 Å². The molecule has 2 amide bonds. The number of nitrogens with one attached hydrogen (secondary N) is 1. The lowest BCUT2D eigenvalue weighted by atomic mass is 10.2. The average molecular weight is 225 g/mol. The average Bonchev–Trinajstić information content (AvgIpc) is 2.44. The molecule has 1 heterocycles. The summed E-state index contributed by atoms with van der Waals surface area (Å²) in [5.74, 6) is -0.836. The van der Waals surface area contributed by atoms with Gasteiger partial charge in [-0.25, -0.2) is 0 Å². The maximum atomic E-state index is 11.7. The minimum Gasteiger partial charge on any atom is -0.396 e. The highest BCUT2D eigenvalue weighted by atomic mass is 16.2. The number of nitrogens with two attached hydrogens (primary N) is 2. The van der Waals surface area contributed by atoms with Gasteiger partial charge >= 0.3 is 0 Å². The zero-order valence-electron chi connectivity index (χ0n) is 9.23. The first-order valence-corrected chi connectivity index (χ1v) is 4.78. The standard InChI is InChI=1S/C9H15N5O2/c1-5(3-7(11)15)13-9(16)8-6(10)4-12-14(8)2/h4-5H,3,10H2,1-2H3,(H2,11,15)(H,13,16). The van der Waals surface area contributed by atoms with Gasteiger partial charge in [-0.2, -0.15) is 5.10 Å². The van der Waals surface area contributed by atoms with Gasteiger partial charge in [0.25, 0.3) is 5.91 Å². The van der Waals surface area contributed by atoms with Crippen LogP contribution < -0.4 is 16.8 Å². The second-order valence-electron chi connectivity index (χ2n) is 3.62. The molecule has 0 saturated heterocycles. The van der Waals surface area contributed by atoms with Gasteiger partial charge in [0.05, 0.1) is 11.9 Å². The van der Waals surface area contributed by atoms with E-state index in [2.05, 4.69) is 10.4 Å². The van der Waals surface area contributed by atoms with E-state index in [4.69, 9.17) is 11.5 Å². The monoisotopic (exact) mass is 225 g/mol. The summed E-state index contributed by atoms with van der Waals surface area (Å²) in [6.07, 6.45) is 1.48. The Balaban J connectivity index is 2.69. The molecule has 0 saturated carbocycles. The summed E-state index contributed by atoms with van der Waals surface area (Å²) in [6.45, 7) is 1.69. The molecule has 1 aromatic rings. The predicted molar refractivity (Wildman–Crippen MR) is 58.4 cm³/mol. The molecule has 0 radical (unpaired) electrons. The molecule has 88 valence electrons. The van der Waals surface area contributed by atoms with Gasteiger partial charge in [0, 0.05) is 19.5 Å². The van der Waals surface area contributed by atoms with Crippen LogP contribution in [0.3, 0.4) is 0 Å². The number of carbonyl (C=O) groups is 2. The molecule has 0 aliphatic heterocycles. The molecule has 0 fully saturated rings. The van der Waals surface area contributed by atoms with Crippen LogP contribution >= 0.6 is 0 Å². The number of carbonyl (C=O) groups excluding carboxylic acids is 2. The highest BCUT2D eigenvalue weighted by Crippen LogP contribution is 2.09. The summed E-state index contributed by atoms with van der Waals surface area (Å²) in [5, 5.41) is 6.46. The molecule has 0 aliphatic carbocycles. The molecule has 7 heteroatoms. The topological polar surface area (TPSA) is 116 Å². The fraction of sp³-hybridized carbons (Fsp3) is 0.444. The zero-order valence-corrected chi connectivity index (χ0v) is 9.23. The van der Waals surface area contributed by atoms with E-state index in [0.717, 1.165) is 0 Å². The first-order chi connectivity index (χ1) is 7.41. The van der Waals surface area contributed by atoms with Gasteiger partial charge in [-0.15, -0.1) is 0 Å². The van der Waals surface area contributed by atoms with Crippen molar-refractivity contribution in [3.05, 3.63) is 11.9 Å². The van der Waals surface area contributed by atoms with Crippen molar-refractivity contribution in [2.45, 2.75) is 19.4 Å². The molecule has 1 aromatic heterocycles. The van der Waals surface area contributed by atoms with E-state index in [9.17, 15) is 9.59 Å². The SMILES string of the molecule is CC(CC(N)=O)NC(=O)c1c(N)cnn1C. The number of rotatable bonds is 4. The van der Waals surface area contributed by atoms with E-state index in [1.54, 1.807) is 14.0 Å². The molecule has 1 unspecified atom stereocenters. The Labute approximate surface area is 92.8 Å². The number of aromatic nitrogens is 2. The Morgan fingerprint density at radius 2 is 2.25 bits per heavy atom. The van der Waals surface area contributed by atoms with E-state index in [1.807, 2.05) is 0 Å². The minimum atomic E-state index is -0.467. The van der Waals surface area contributed by atoms with Crippen molar-refractivity contribution in [1.29, 1.82) is 0 Å². The molecule has 0 aromatic carbocycles. The number of amides is 2. The van der Waals surface area contributed by atoms with Gasteiger partial charge in [-0.1, -0.05) is 0 Å². The Morgan fingerprint density at radius 1 is 1.62 bits per heavy atom. The lowest BCUT2D eigenvalue weighted by Crippen LogP contribution is -2.36. The van der Waals surface area contributed by atoms with E-state index in [1.165, 1.54) is 10.9 Å². The van der Waals surface area contributed by atoms with Crippen LogP contribution in [0.5, 0.6) is 0 Å². The van der Waals surface area contributed by atoms with Crippen LogP contribution in [0, 0.1) is 0 Å². The second-order valence-corrected chi connectivity index (χ2v) is 3.62. The number of nitrogens with zero attached hydrogens (tertiary/aromatic N) is 2. The Morgan fingerprint density at radius 3 is 2.69 bits per heavy atom. The van der Waals surface area contributed by atoms with Gasteiger partial charge in [-0.05, 0) is 6.92 Å². The molecule has 1 rings (SSSR count). The van der Waals surface area contributed by atoms with Crippen LogP contribution in [0.4, 0.5) is 5.69 Å². The summed E-state index contributed by atoms with van der Waals surface area (Å²) in [6, 6.07) is -0.334. The van der Waals surface area contributed by atoms with Crippen LogP contribution in [-0.4, -0.2) is 27.6 Å². The van der Waals surface area contributed by atoms with Crippen molar-refractivity contribution in [3.8, 4) is 0 Å². The molecular formula is C9H15N5O2. The molecular weight excluding hydrogens is 210 g/mol. The van der Waals surface area contributed by atoms with E-state index >= 15 is 0 Å². The predicted octanol–water partition coefficient (Wildman–Crippen LogP) is -1.00. The maximum absolute atomic E-state index is 11.7. The van der Waals surface area contributed by atoms with Crippen LogP contribution in [0.25, 0.3) is 0 Å². The third kappa shape index (κ3) is 2.72. The summed E-state index contributed by atoms with van der Waals surface area (Å²) in [4.78, 5) is 22.4. The summed E-state index contributed by atoms with van der Waals surface area (Å²) >= 11 is 0. The van der Waals surface area contributed by atoms with Gasteiger partial charge in [0.15, 0.2) is 0 Å². The number of primary amides is 1. The number of anilines is 1. The lowest BCUT2D eigenvalue weighted by molar-refractivity contribution is -0.118. The highest BCUT2D eigenvalue weighted by molar-refractivity contribution is 5.97. The molecule has 5 N–H and O–H groups in total. The highest BCUT2D eigenvalue weighted by Gasteiger charge is 2.17. The fourth-order valence-corrected chi connectivity index (χ4v) is 1.38. The molecule has 0 aliphatic rings. The van der Waals surface area contributed by atoms with Crippen LogP contribution in [0.2, 0.25) is 0 Å². The largest absolute Gasteiger partial charge is 0.396 e. The van der Waals surface area contributed by atoms with Crippen LogP contribution in [-0.2, 0) is 11.8 Å². The van der Waals surface area contributed by atoms with Crippen molar-refractivity contribution in [2.75, 3.05) is 5.73 Å². The first kappa shape index (κ1) is 12.0. The van der Waals surface area contributed by atoms with Crippen LogP contribution in [0.15, 0.2) is 6.20 Å². The molecule has 0 spiro atoms. The van der Waals surface area contributed by atoms with Gasteiger partial charge in [-0.3, -0.25) is 14.3 Å². The van der Waals surface area contributed by atoms with Gasteiger partial charge < -0.3 is 16.8 Å². The normalized spacial score (nSPS) is 12.1. The van der Waals surface area contributed by atoms with Crippen molar-refractivity contribution in [3.63, 3.8) is 0 Å². The van der Waals surface area contributed by atoms with E-state index in [0.29, 0.717) is 5.69 Å². The lowest BCUT2D eigenvalue weighted by Gasteiger charge is -2.12. The van der Waals surface area contributed by atoms with Crippen LogP contribution in [0.1, 0.15) is 23.8 Å². The Kier molecular flexibility index (Phi) is 3.49. The molecule has 1 atom stereocenters. The zero-order chi connectivity index (χ0) is 12.3. The fourth-order valence-electron chi connectivity index (χ4n) is 1.38.